The van der Waals surface area contributed by atoms with Crippen LogP contribution in [0.15, 0.2) is 24.3 Å². The summed E-state index contributed by atoms with van der Waals surface area (Å²) in [7, 11) is 1.18. The van der Waals surface area contributed by atoms with Crippen LogP contribution in [-0.2, 0) is 19.1 Å². The highest BCUT2D eigenvalue weighted by Gasteiger charge is 2.08. The van der Waals surface area contributed by atoms with E-state index in [1.165, 1.54) is 31.4 Å². The van der Waals surface area contributed by atoms with Crippen molar-refractivity contribution in [2.45, 2.75) is 0 Å². The molecule has 1 N–H and O–H groups in total. The van der Waals surface area contributed by atoms with Crippen LogP contribution >= 0.6 is 0 Å². The molecule has 0 spiro atoms. The lowest BCUT2D eigenvalue weighted by atomic mass is 10.2. The summed E-state index contributed by atoms with van der Waals surface area (Å²) in [5.41, 5.74) is 0.112. The predicted octanol–water partition coefficient (Wildman–Crippen LogP) is 0.480. The highest BCUT2D eigenvalue weighted by molar-refractivity contribution is 5.87. The van der Waals surface area contributed by atoms with Gasteiger partial charge in [-0.2, -0.15) is 0 Å². The molecule has 0 saturated carbocycles. The standard InChI is InChI=1S/C12H12O7/c1-17-10(13)6-19-11(14)7-18-9-4-2-8(3-5-9)12(15)16/h2-5H,6-7H2,1H3,(H,15,16). The molecule has 0 amide bonds. The van der Waals surface area contributed by atoms with E-state index in [1.807, 2.05) is 0 Å². The first-order valence-corrected chi connectivity index (χ1v) is 5.21. The summed E-state index contributed by atoms with van der Waals surface area (Å²) in [5.74, 6) is -2.13. The summed E-state index contributed by atoms with van der Waals surface area (Å²) in [6.07, 6.45) is 0. The molecule has 0 atom stereocenters. The molecule has 1 rings (SSSR count). The Morgan fingerprint density at radius 2 is 1.68 bits per heavy atom. The first kappa shape index (κ1) is 14.5. The van der Waals surface area contributed by atoms with Crippen molar-refractivity contribution in [3.05, 3.63) is 29.8 Å². The highest BCUT2D eigenvalue weighted by Crippen LogP contribution is 2.12. The summed E-state index contributed by atoms with van der Waals surface area (Å²) >= 11 is 0. The second-order valence-corrected chi connectivity index (χ2v) is 3.36. The van der Waals surface area contributed by atoms with Gasteiger partial charge in [-0.1, -0.05) is 0 Å². The molecule has 0 unspecified atom stereocenters. The number of aromatic carboxylic acids is 1. The molecule has 19 heavy (non-hydrogen) atoms. The number of benzene rings is 1. The van der Waals surface area contributed by atoms with Crippen molar-refractivity contribution >= 4 is 17.9 Å². The van der Waals surface area contributed by atoms with E-state index in [0.717, 1.165) is 0 Å². The largest absolute Gasteiger partial charge is 0.482 e. The molecule has 0 saturated heterocycles. The minimum atomic E-state index is -1.05. The molecule has 1 aromatic carbocycles. The number of carboxylic acids is 1. The van der Waals surface area contributed by atoms with Gasteiger partial charge in [-0.05, 0) is 24.3 Å². The summed E-state index contributed by atoms with van der Waals surface area (Å²) in [6.45, 7) is -0.861. The van der Waals surface area contributed by atoms with Gasteiger partial charge in [0.15, 0.2) is 13.2 Å². The summed E-state index contributed by atoms with van der Waals surface area (Å²) in [4.78, 5) is 32.5. The van der Waals surface area contributed by atoms with Gasteiger partial charge in [0.2, 0.25) is 0 Å². The zero-order chi connectivity index (χ0) is 14.3. The summed E-state index contributed by atoms with van der Waals surface area (Å²) in [6, 6.07) is 5.52. The van der Waals surface area contributed by atoms with Crippen LogP contribution in [0.4, 0.5) is 0 Å². The molecule has 0 heterocycles. The Bertz CT molecular complexity index is 463. The lowest BCUT2D eigenvalue weighted by Crippen LogP contribution is -2.20. The number of hydrogen-bond acceptors (Lipinski definition) is 6. The van der Waals surface area contributed by atoms with Gasteiger partial charge in [0.25, 0.3) is 0 Å². The van der Waals surface area contributed by atoms with Crippen molar-refractivity contribution in [1.29, 1.82) is 0 Å². The van der Waals surface area contributed by atoms with Gasteiger partial charge in [0.05, 0.1) is 12.7 Å². The minimum Gasteiger partial charge on any atom is -0.482 e. The third-order valence-corrected chi connectivity index (χ3v) is 2.04. The van der Waals surface area contributed by atoms with Crippen LogP contribution < -0.4 is 4.74 Å². The number of carboxylic acid groups (broad SMARTS) is 1. The molecule has 0 fully saturated rings. The maximum atomic E-state index is 11.2. The molecule has 102 valence electrons. The Kier molecular flexibility index (Phi) is 5.34. The zero-order valence-corrected chi connectivity index (χ0v) is 10.1. The monoisotopic (exact) mass is 268 g/mol. The van der Waals surface area contributed by atoms with Crippen LogP contribution in [0, 0.1) is 0 Å². The van der Waals surface area contributed by atoms with Gasteiger partial charge >= 0.3 is 17.9 Å². The third-order valence-electron chi connectivity index (χ3n) is 2.04. The van der Waals surface area contributed by atoms with Crippen LogP contribution in [0.1, 0.15) is 10.4 Å². The maximum absolute atomic E-state index is 11.2. The molecule has 7 nitrogen and oxygen atoms in total. The topological polar surface area (TPSA) is 99.1 Å². The molecule has 0 radical (unpaired) electrons. The van der Waals surface area contributed by atoms with Gasteiger partial charge in [-0.3, -0.25) is 0 Å². The van der Waals surface area contributed by atoms with Crippen LogP contribution in [0.2, 0.25) is 0 Å². The number of methoxy groups -OCH3 is 1. The maximum Gasteiger partial charge on any atom is 0.344 e. The molecule has 0 aromatic heterocycles. The molecule has 0 bridgehead atoms. The van der Waals surface area contributed by atoms with Crippen LogP contribution in [-0.4, -0.2) is 43.3 Å². The van der Waals surface area contributed by atoms with E-state index in [-0.39, 0.29) is 12.2 Å². The van der Waals surface area contributed by atoms with Crippen LogP contribution in [0.25, 0.3) is 0 Å². The normalized spacial score (nSPS) is 9.53. The lowest BCUT2D eigenvalue weighted by Gasteiger charge is -2.06. The number of carbonyl (C=O) groups is 3. The Balaban J connectivity index is 2.37. The first-order valence-electron chi connectivity index (χ1n) is 5.21. The van der Waals surface area contributed by atoms with E-state index in [9.17, 15) is 14.4 Å². The summed E-state index contributed by atoms with van der Waals surface area (Å²) in [5, 5.41) is 8.68. The number of hydrogen-bond donors (Lipinski definition) is 1. The molecule has 1 aromatic rings. The highest BCUT2D eigenvalue weighted by atomic mass is 16.6. The van der Waals surface area contributed by atoms with Crippen molar-refractivity contribution in [2.75, 3.05) is 20.3 Å². The SMILES string of the molecule is COC(=O)COC(=O)COc1ccc(C(=O)O)cc1. The van der Waals surface area contributed by atoms with E-state index in [0.29, 0.717) is 5.75 Å². The van der Waals surface area contributed by atoms with Crippen molar-refractivity contribution in [2.24, 2.45) is 0 Å². The number of ether oxygens (including phenoxy) is 3. The van der Waals surface area contributed by atoms with Crippen molar-refractivity contribution < 1.29 is 33.7 Å². The Hall–Kier alpha value is -2.57. The Labute approximate surface area is 108 Å². The van der Waals surface area contributed by atoms with Gasteiger partial charge in [0, 0.05) is 0 Å². The number of esters is 2. The summed E-state index contributed by atoms with van der Waals surface area (Å²) < 4.78 is 13.9. The smallest absolute Gasteiger partial charge is 0.344 e. The first-order chi connectivity index (χ1) is 9.02. The Morgan fingerprint density at radius 3 is 2.21 bits per heavy atom. The van der Waals surface area contributed by atoms with E-state index in [4.69, 9.17) is 9.84 Å². The van der Waals surface area contributed by atoms with E-state index >= 15 is 0 Å². The van der Waals surface area contributed by atoms with Crippen LogP contribution in [0.5, 0.6) is 5.75 Å². The van der Waals surface area contributed by atoms with E-state index in [1.54, 1.807) is 0 Å². The fourth-order valence-electron chi connectivity index (χ4n) is 1.08. The van der Waals surface area contributed by atoms with E-state index < -0.39 is 24.5 Å². The Morgan fingerprint density at radius 1 is 1.05 bits per heavy atom. The van der Waals surface area contributed by atoms with Crippen molar-refractivity contribution in [1.82, 2.24) is 0 Å². The predicted molar refractivity (Wildman–Crippen MR) is 61.9 cm³/mol. The van der Waals surface area contributed by atoms with Crippen molar-refractivity contribution in [3.8, 4) is 5.75 Å². The molecule has 0 aliphatic heterocycles. The van der Waals surface area contributed by atoms with Gasteiger partial charge in [-0.25, -0.2) is 14.4 Å². The molecule has 0 aliphatic rings. The average molecular weight is 268 g/mol. The van der Waals surface area contributed by atoms with Crippen LogP contribution in [0.3, 0.4) is 0 Å². The fraction of sp³-hybridized carbons (Fsp3) is 0.250. The number of rotatable bonds is 6. The lowest BCUT2D eigenvalue weighted by molar-refractivity contribution is -0.158. The average Bonchev–Trinajstić information content (AvgIpc) is 2.42. The zero-order valence-electron chi connectivity index (χ0n) is 10.1. The fourth-order valence-corrected chi connectivity index (χ4v) is 1.08. The molecule has 0 aliphatic carbocycles. The third kappa shape index (κ3) is 5.07. The molecule has 7 heteroatoms. The van der Waals surface area contributed by atoms with Gasteiger partial charge < -0.3 is 19.3 Å². The second kappa shape index (κ2) is 7.00. The molecular weight excluding hydrogens is 256 g/mol. The number of carbonyl (C=O) groups excluding carboxylic acids is 2. The van der Waals surface area contributed by atoms with E-state index in [2.05, 4.69) is 9.47 Å². The quantitative estimate of drug-likeness (QED) is 0.749. The van der Waals surface area contributed by atoms with Gasteiger partial charge in [0.1, 0.15) is 5.75 Å². The van der Waals surface area contributed by atoms with Crippen molar-refractivity contribution in [3.63, 3.8) is 0 Å². The minimum absolute atomic E-state index is 0.112. The molecular formula is C12H12O7. The van der Waals surface area contributed by atoms with Gasteiger partial charge in [-0.15, -0.1) is 0 Å². The second-order valence-electron chi connectivity index (χ2n) is 3.36.